The fourth-order valence-corrected chi connectivity index (χ4v) is 2.84. The van der Waals surface area contributed by atoms with Crippen molar-refractivity contribution in [1.29, 1.82) is 0 Å². The van der Waals surface area contributed by atoms with Crippen molar-refractivity contribution in [3.8, 4) is 0 Å². The number of hydrogen-bond acceptors (Lipinski definition) is 2. The molecule has 0 aliphatic heterocycles. The average molecular weight is 301 g/mol. The molecule has 0 unspecified atom stereocenters. The summed E-state index contributed by atoms with van der Waals surface area (Å²) in [6.07, 6.45) is 2.81. The van der Waals surface area contributed by atoms with Crippen molar-refractivity contribution < 1.29 is 4.79 Å². The van der Waals surface area contributed by atoms with Crippen LogP contribution in [-0.2, 0) is 10.2 Å². The van der Waals surface area contributed by atoms with Crippen LogP contribution in [0.1, 0.15) is 24.8 Å². The van der Waals surface area contributed by atoms with Crippen LogP contribution in [0, 0.1) is 0 Å². The summed E-state index contributed by atoms with van der Waals surface area (Å²) >= 11 is 5.93. The van der Waals surface area contributed by atoms with Crippen molar-refractivity contribution in [2.45, 2.75) is 24.7 Å². The predicted octanol–water partition coefficient (Wildman–Crippen LogP) is 3.91. The molecular weight excluding hydrogens is 284 g/mol. The number of rotatable bonds is 4. The summed E-state index contributed by atoms with van der Waals surface area (Å²) in [6, 6.07) is 17.2. The van der Waals surface area contributed by atoms with E-state index in [-0.39, 0.29) is 5.91 Å². The van der Waals surface area contributed by atoms with Gasteiger partial charge in [-0.25, -0.2) is 0 Å². The van der Waals surface area contributed by atoms with Gasteiger partial charge >= 0.3 is 0 Å². The first-order chi connectivity index (χ1) is 10.2. The lowest BCUT2D eigenvalue weighted by molar-refractivity contribution is -0.129. The number of hydrogen-bond donors (Lipinski definition) is 2. The first kappa shape index (κ1) is 14.0. The lowest BCUT2D eigenvalue weighted by atomic mass is 9.64. The molecule has 0 saturated heterocycles. The van der Waals surface area contributed by atoms with Crippen molar-refractivity contribution in [3.05, 3.63) is 65.2 Å². The Morgan fingerprint density at radius 3 is 2.24 bits per heavy atom. The maximum absolute atomic E-state index is 12.6. The van der Waals surface area contributed by atoms with E-state index in [4.69, 9.17) is 11.6 Å². The first-order valence-electron chi connectivity index (χ1n) is 7.08. The number of nitrogens with one attached hydrogen (secondary N) is 2. The third kappa shape index (κ3) is 2.74. The molecule has 2 aromatic carbocycles. The van der Waals surface area contributed by atoms with E-state index >= 15 is 0 Å². The number of anilines is 1. The molecule has 108 valence electrons. The molecule has 1 saturated carbocycles. The van der Waals surface area contributed by atoms with Gasteiger partial charge in [0.05, 0.1) is 11.1 Å². The zero-order chi connectivity index (χ0) is 14.7. The molecule has 3 nitrogen and oxygen atoms in total. The molecule has 2 N–H and O–H groups in total. The van der Waals surface area contributed by atoms with E-state index in [1.807, 2.05) is 54.6 Å². The summed E-state index contributed by atoms with van der Waals surface area (Å²) < 4.78 is 0. The maximum Gasteiger partial charge on any atom is 0.248 e. The summed E-state index contributed by atoms with van der Waals surface area (Å²) in [5.41, 5.74) is 7.29. The van der Waals surface area contributed by atoms with Gasteiger partial charge in [0.1, 0.15) is 0 Å². The fraction of sp³-hybridized carbons (Fsp3) is 0.235. The monoisotopic (exact) mass is 300 g/mol. The second kappa shape index (κ2) is 5.78. The quantitative estimate of drug-likeness (QED) is 0.841. The molecule has 0 spiro atoms. The standard InChI is InChI=1S/C17H17ClN2O/c18-14-9-7-13(8-10-14)17(11-4-12-17)16(21)20-19-15-5-2-1-3-6-15/h1-3,5-10,19H,4,11-12H2,(H,20,21). The Morgan fingerprint density at radius 1 is 1.00 bits per heavy atom. The summed E-state index contributed by atoms with van der Waals surface area (Å²) in [5, 5.41) is 0.691. The van der Waals surface area contributed by atoms with Gasteiger partial charge in [-0.05, 0) is 42.7 Å². The third-order valence-electron chi connectivity index (χ3n) is 4.13. The van der Waals surface area contributed by atoms with Crippen LogP contribution in [0.5, 0.6) is 0 Å². The Morgan fingerprint density at radius 2 is 1.67 bits per heavy atom. The third-order valence-corrected chi connectivity index (χ3v) is 4.38. The minimum Gasteiger partial charge on any atom is -0.299 e. The molecule has 4 heteroatoms. The maximum atomic E-state index is 12.6. The smallest absolute Gasteiger partial charge is 0.248 e. The molecule has 21 heavy (non-hydrogen) atoms. The van der Waals surface area contributed by atoms with Gasteiger partial charge in [0, 0.05) is 5.02 Å². The number of carbonyl (C=O) groups excluding carboxylic acids is 1. The molecule has 0 atom stereocenters. The number of halogens is 1. The van der Waals surface area contributed by atoms with Crippen LogP contribution in [0.25, 0.3) is 0 Å². The Hall–Kier alpha value is -2.00. The Labute approximate surface area is 129 Å². The highest BCUT2D eigenvalue weighted by molar-refractivity contribution is 6.30. The number of amides is 1. The second-order valence-corrected chi connectivity index (χ2v) is 5.82. The van der Waals surface area contributed by atoms with E-state index in [0.717, 1.165) is 30.5 Å². The van der Waals surface area contributed by atoms with E-state index in [1.54, 1.807) is 0 Å². The van der Waals surface area contributed by atoms with Crippen molar-refractivity contribution in [1.82, 2.24) is 5.43 Å². The SMILES string of the molecule is O=C(NNc1ccccc1)C1(c2ccc(Cl)cc2)CCC1. The van der Waals surface area contributed by atoms with E-state index in [9.17, 15) is 4.79 Å². The van der Waals surface area contributed by atoms with Crippen LogP contribution in [0.4, 0.5) is 5.69 Å². The minimum atomic E-state index is -0.424. The summed E-state index contributed by atoms with van der Waals surface area (Å²) in [7, 11) is 0. The van der Waals surface area contributed by atoms with E-state index in [0.29, 0.717) is 5.02 Å². The first-order valence-corrected chi connectivity index (χ1v) is 7.46. The number of hydrazine groups is 1. The number of benzene rings is 2. The fourth-order valence-electron chi connectivity index (χ4n) is 2.72. The van der Waals surface area contributed by atoms with E-state index in [2.05, 4.69) is 10.9 Å². The van der Waals surface area contributed by atoms with Crippen molar-refractivity contribution in [2.24, 2.45) is 0 Å². The van der Waals surface area contributed by atoms with Gasteiger partial charge in [0.2, 0.25) is 5.91 Å². The van der Waals surface area contributed by atoms with Crippen LogP contribution < -0.4 is 10.9 Å². The molecule has 0 aromatic heterocycles. The second-order valence-electron chi connectivity index (χ2n) is 5.39. The van der Waals surface area contributed by atoms with Gasteiger partial charge in [0.15, 0.2) is 0 Å². The van der Waals surface area contributed by atoms with Crippen LogP contribution in [0.3, 0.4) is 0 Å². The summed E-state index contributed by atoms with van der Waals surface area (Å²) in [4.78, 5) is 12.6. The molecule has 0 heterocycles. The molecule has 3 rings (SSSR count). The molecule has 1 aliphatic rings. The highest BCUT2D eigenvalue weighted by Gasteiger charge is 2.45. The number of carbonyl (C=O) groups is 1. The zero-order valence-corrected chi connectivity index (χ0v) is 12.4. The Kier molecular flexibility index (Phi) is 3.84. The highest BCUT2D eigenvalue weighted by atomic mass is 35.5. The van der Waals surface area contributed by atoms with Gasteiger partial charge < -0.3 is 0 Å². The van der Waals surface area contributed by atoms with Crippen LogP contribution in [0.2, 0.25) is 5.02 Å². The molecule has 1 fully saturated rings. The predicted molar refractivity (Wildman–Crippen MR) is 85.2 cm³/mol. The highest BCUT2D eigenvalue weighted by Crippen LogP contribution is 2.44. The largest absolute Gasteiger partial charge is 0.299 e. The summed E-state index contributed by atoms with van der Waals surface area (Å²) in [6.45, 7) is 0. The molecule has 0 radical (unpaired) electrons. The Bertz CT molecular complexity index is 621. The van der Waals surface area contributed by atoms with Crippen LogP contribution >= 0.6 is 11.6 Å². The van der Waals surface area contributed by atoms with Gasteiger partial charge in [-0.15, -0.1) is 0 Å². The van der Waals surface area contributed by atoms with Gasteiger partial charge in [0.25, 0.3) is 0 Å². The van der Waals surface area contributed by atoms with Crippen LogP contribution in [-0.4, -0.2) is 5.91 Å². The van der Waals surface area contributed by atoms with Crippen molar-refractivity contribution >= 4 is 23.2 Å². The van der Waals surface area contributed by atoms with Gasteiger partial charge in [-0.3, -0.25) is 15.6 Å². The topological polar surface area (TPSA) is 41.1 Å². The zero-order valence-electron chi connectivity index (χ0n) is 11.6. The Balaban J connectivity index is 1.73. The molecule has 1 aliphatic carbocycles. The molecule has 0 bridgehead atoms. The lowest BCUT2D eigenvalue weighted by Crippen LogP contribution is -2.50. The molecule has 1 amide bonds. The summed E-state index contributed by atoms with van der Waals surface area (Å²) in [5.74, 6) is 0.0138. The van der Waals surface area contributed by atoms with E-state index in [1.165, 1.54) is 0 Å². The van der Waals surface area contributed by atoms with E-state index < -0.39 is 5.41 Å². The molecular formula is C17H17ClN2O. The van der Waals surface area contributed by atoms with Gasteiger partial charge in [-0.2, -0.15) is 0 Å². The van der Waals surface area contributed by atoms with Gasteiger partial charge in [-0.1, -0.05) is 48.4 Å². The number of para-hydroxylation sites is 1. The molecule has 2 aromatic rings. The minimum absolute atomic E-state index is 0.0138. The average Bonchev–Trinajstić information content (AvgIpc) is 2.47. The van der Waals surface area contributed by atoms with Crippen molar-refractivity contribution in [3.63, 3.8) is 0 Å². The lowest BCUT2D eigenvalue weighted by Gasteiger charge is -2.40. The van der Waals surface area contributed by atoms with Crippen LogP contribution in [0.15, 0.2) is 54.6 Å². The normalized spacial score (nSPS) is 15.9. The van der Waals surface area contributed by atoms with Crippen molar-refractivity contribution in [2.75, 3.05) is 5.43 Å².